The van der Waals surface area contributed by atoms with Gasteiger partial charge < -0.3 is 5.32 Å². The van der Waals surface area contributed by atoms with Crippen molar-refractivity contribution < 1.29 is 9.59 Å². The van der Waals surface area contributed by atoms with Gasteiger partial charge >= 0.3 is 6.03 Å². The van der Waals surface area contributed by atoms with Crippen LogP contribution in [-0.4, -0.2) is 22.4 Å². The lowest BCUT2D eigenvalue weighted by molar-refractivity contribution is -0.132. The Kier molecular flexibility index (Phi) is 4.36. The van der Waals surface area contributed by atoms with Crippen LogP contribution in [0.5, 0.6) is 0 Å². The molecule has 0 aromatic carbocycles. The van der Waals surface area contributed by atoms with Crippen molar-refractivity contribution >= 4 is 39.2 Å². The molecular formula is C15H19BrN2O2S. The largest absolute Gasteiger partial charge is 0.325 e. The van der Waals surface area contributed by atoms with Gasteiger partial charge in [-0.3, -0.25) is 9.69 Å². The van der Waals surface area contributed by atoms with Crippen molar-refractivity contribution in [3.05, 3.63) is 20.8 Å². The lowest BCUT2D eigenvalue weighted by atomic mass is 9.84. The molecule has 0 unspecified atom stereocenters. The van der Waals surface area contributed by atoms with Crippen molar-refractivity contribution in [2.75, 3.05) is 0 Å². The first kappa shape index (κ1) is 15.0. The monoisotopic (exact) mass is 370 g/mol. The molecule has 2 heterocycles. The Morgan fingerprint density at radius 3 is 2.48 bits per heavy atom. The van der Waals surface area contributed by atoms with E-state index in [1.165, 1.54) is 11.3 Å². The number of thiophene rings is 1. The number of imide groups is 1. The highest BCUT2D eigenvalue weighted by Gasteiger charge is 2.50. The predicted molar refractivity (Wildman–Crippen MR) is 86.2 cm³/mol. The molecule has 3 rings (SSSR count). The van der Waals surface area contributed by atoms with Crippen LogP contribution in [0.2, 0.25) is 0 Å². The number of nitrogens with zero attached hydrogens (tertiary/aromatic N) is 1. The van der Waals surface area contributed by atoms with E-state index >= 15 is 0 Å². The standard InChI is InChI=1S/C15H19BrN2O2S/c16-11-8-12(21-10-11)9-18-13(19)15(17-14(18)20)6-4-2-1-3-5-7-15/h8,10H,1-7,9H2,(H,17,20). The van der Waals surface area contributed by atoms with Gasteiger partial charge in [-0.15, -0.1) is 11.3 Å². The maximum atomic E-state index is 12.8. The summed E-state index contributed by atoms with van der Waals surface area (Å²) in [6.45, 7) is 0.378. The van der Waals surface area contributed by atoms with Gasteiger partial charge in [0.2, 0.25) is 0 Å². The summed E-state index contributed by atoms with van der Waals surface area (Å²) < 4.78 is 0.996. The predicted octanol–water partition coefficient (Wildman–Crippen LogP) is 4.05. The average molecular weight is 371 g/mol. The summed E-state index contributed by atoms with van der Waals surface area (Å²) in [6, 6.07) is 1.74. The molecule has 1 spiro atoms. The highest BCUT2D eigenvalue weighted by molar-refractivity contribution is 9.10. The summed E-state index contributed by atoms with van der Waals surface area (Å²) in [7, 11) is 0. The van der Waals surface area contributed by atoms with Crippen LogP contribution in [0, 0.1) is 0 Å². The fraction of sp³-hybridized carbons (Fsp3) is 0.600. The lowest BCUT2D eigenvalue weighted by Crippen LogP contribution is -2.47. The Morgan fingerprint density at radius 2 is 1.86 bits per heavy atom. The molecule has 0 bridgehead atoms. The Bertz CT molecular complexity index is 550. The van der Waals surface area contributed by atoms with Crippen molar-refractivity contribution in [2.24, 2.45) is 0 Å². The molecule has 1 aromatic rings. The topological polar surface area (TPSA) is 49.4 Å². The first-order valence-electron chi connectivity index (χ1n) is 7.48. The zero-order valence-electron chi connectivity index (χ0n) is 11.9. The van der Waals surface area contributed by atoms with Crippen molar-refractivity contribution in [3.63, 3.8) is 0 Å². The number of rotatable bonds is 2. The summed E-state index contributed by atoms with van der Waals surface area (Å²) in [4.78, 5) is 27.5. The van der Waals surface area contributed by atoms with Gasteiger partial charge in [0.05, 0.1) is 6.54 Å². The second-order valence-corrected chi connectivity index (χ2v) is 7.81. The van der Waals surface area contributed by atoms with Crippen LogP contribution in [0.1, 0.15) is 49.8 Å². The van der Waals surface area contributed by atoms with Gasteiger partial charge in [-0.1, -0.05) is 32.1 Å². The van der Waals surface area contributed by atoms with E-state index in [4.69, 9.17) is 0 Å². The SMILES string of the molecule is O=C1NC2(CCCCCCC2)C(=O)N1Cc1cc(Br)cs1. The second kappa shape index (κ2) is 6.08. The van der Waals surface area contributed by atoms with Crippen LogP contribution in [0.25, 0.3) is 0 Å². The van der Waals surface area contributed by atoms with Crippen LogP contribution in [-0.2, 0) is 11.3 Å². The number of nitrogens with one attached hydrogen (secondary N) is 1. The number of halogens is 1. The van der Waals surface area contributed by atoms with Gasteiger partial charge in [0.25, 0.3) is 5.91 Å². The normalized spacial score (nSPS) is 22.2. The van der Waals surface area contributed by atoms with Crippen molar-refractivity contribution in [3.8, 4) is 0 Å². The highest BCUT2D eigenvalue weighted by Crippen LogP contribution is 2.33. The van der Waals surface area contributed by atoms with Crippen molar-refractivity contribution in [2.45, 2.75) is 57.0 Å². The molecule has 6 heteroatoms. The maximum absolute atomic E-state index is 12.8. The van der Waals surface area contributed by atoms with E-state index in [1.807, 2.05) is 11.4 Å². The molecule has 114 valence electrons. The number of carbonyl (C=O) groups is 2. The molecule has 0 atom stereocenters. The number of amides is 3. The molecule has 1 saturated carbocycles. The maximum Gasteiger partial charge on any atom is 0.325 e. The molecule has 21 heavy (non-hydrogen) atoms. The Balaban J connectivity index is 1.77. The number of carbonyl (C=O) groups excluding carboxylic acids is 2. The molecule has 1 aliphatic heterocycles. The van der Waals surface area contributed by atoms with E-state index in [9.17, 15) is 9.59 Å². The van der Waals surface area contributed by atoms with Gasteiger partial charge in [0.15, 0.2) is 0 Å². The smallest absolute Gasteiger partial charge is 0.323 e. The molecule has 1 aliphatic carbocycles. The van der Waals surface area contributed by atoms with E-state index < -0.39 is 5.54 Å². The summed E-state index contributed by atoms with van der Waals surface area (Å²) in [5.41, 5.74) is -0.633. The summed E-state index contributed by atoms with van der Waals surface area (Å²) >= 11 is 4.97. The molecule has 1 N–H and O–H groups in total. The summed E-state index contributed by atoms with van der Waals surface area (Å²) in [5.74, 6) is -0.0288. The minimum Gasteiger partial charge on any atom is -0.323 e. The molecule has 2 aliphatic rings. The van der Waals surface area contributed by atoms with E-state index in [1.54, 1.807) is 11.3 Å². The zero-order chi connectivity index (χ0) is 14.9. The molecular weight excluding hydrogens is 352 g/mol. The fourth-order valence-electron chi connectivity index (χ4n) is 3.26. The van der Waals surface area contributed by atoms with Crippen LogP contribution >= 0.6 is 27.3 Å². The summed E-state index contributed by atoms with van der Waals surface area (Å²) in [5, 5.41) is 4.97. The third-order valence-corrected chi connectivity index (χ3v) is 6.07. The molecule has 3 amide bonds. The quantitative estimate of drug-likeness (QED) is 0.798. The second-order valence-electron chi connectivity index (χ2n) is 5.90. The highest BCUT2D eigenvalue weighted by atomic mass is 79.9. The third-order valence-electron chi connectivity index (χ3n) is 4.39. The lowest BCUT2D eigenvalue weighted by Gasteiger charge is -2.28. The fourth-order valence-corrected chi connectivity index (χ4v) is 4.70. The summed E-state index contributed by atoms with van der Waals surface area (Å²) in [6.07, 6.45) is 7.15. The number of hydrogen-bond acceptors (Lipinski definition) is 3. The Labute approximate surface area is 137 Å². The van der Waals surface area contributed by atoms with Crippen molar-refractivity contribution in [1.82, 2.24) is 10.2 Å². The van der Waals surface area contributed by atoms with E-state index in [-0.39, 0.29) is 11.9 Å². The van der Waals surface area contributed by atoms with Crippen molar-refractivity contribution in [1.29, 1.82) is 0 Å². The Morgan fingerprint density at radius 1 is 1.19 bits per heavy atom. The van der Waals surface area contributed by atoms with E-state index in [0.717, 1.165) is 47.9 Å². The van der Waals surface area contributed by atoms with Gasteiger partial charge in [-0.2, -0.15) is 0 Å². The molecule has 0 radical (unpaired) electrons. The minimum atomic E-state index is -0.633. The Hall–Kier alpha value is -0.880. The van der Waals surface area contributed by atoms with Crippen LogP contribution in [0.4, 0.5) is 4.79 Å². The van der Waals surface area contributed by atoms with Gasteiger partial charge in [0, 0.05) is 14.7 Å². The molecule has 1 saturated heterocycles. The first-order chi connectivity index (χ1) is 10.1. The number of hydrogen-bond donors (Lipinski definition) is 1. The third kappa shape index (κ3) is 3.01. The number of urea groups is 1. The van der Waals surface area contributed by atoms with Crippen LogP contribution in [0.3, 0.4) is 0 Å². The van der Waals surface area contributed by atoms with Gasteiger partial charge in [0.1, 0.15) is 5.54 Å². The molecule has 1 aromatic heterocycles. The van der Waals surface area contributed by atoms with Crippen LogP contribution in [0.15, 0.2) is 15.9 Å². The molecule has 4 nitrogen and oxygen atoms in total. The first-order valence-corrected chi connectivity index (χ1v) is 9.15. The van der Waals surface area contributed by atoms with Gasteiger partial charge in [-0.05, 0) is 34.8 Å². The zero-order valence-corrected chi connectivity index (χ0v) is 14.3. The average Bonchev–Trinajstić information content (AvgIpc) is 2.92. The van der Waals surface area contributed by atoms with E-state index in [0.29, 0.717) is 6.54 Å². The van der Waals surface area contributed by atoms with Crippen LogP contribution < -0.4 is 5.32 Å². The van der Waals surface area contributed by atoms with Gasteiger partial charge in [-0.25, -0.2) is 4.79 Å². The van der Waals surface area contributed by atoms with E-state index in [2.05, 4.69) is 21.2 Å². The molecule has 2 fully saturated rings. The minimum absolute atomic E-state index is 0.0288.